The van der Waals surface area contributed by atoms with E-state index in [1.54, 1.807) is 12.1 Å². The van der Waals surface area contributed by atoms with Crippen LogP contribution in [0.1, 0.15) is 38.0 Å². The average molecular weight is 318 g/mol. The molecule has 1 aliphatic carbocycles. The molecule has 0 spiro atoms. The first-order valence-electron chi connectivity index (χ1n) is 7.83. The van der Waals surface area contributed by atoms with Gasteiger partial charge in [-0.25, -0.2) is 9.18 Å². The van der Waals surface area contributed by atoms with E-state index in [0.717, 1.165) is 25.7 Å². The Morgan fingerprint density at radius 2 is 1.96 bits per heavy atom. The first kappa shape index (κ1) is 15.5. The lowest BCUT2D eigenvalue weighted by molar-refractivity contribution is 0.230. The van der Waals surface area contributed by atoms with Crippen LogP contribution >= 0.6 is 0 Å². The van der Waals surface area contributed by atoms with Gasteiger partial charge in [0, 0.05) is 11.6 Å². The van der Waals surface area contributed by atoms with Gasteiger partial charge in [-0.05, 0) is 37.1 Å². The van der Waals surface area contributed by atoms with Crippen molar-refractivity contribution in [1.82, 2.24) is 20.8 Å². The number of hydrogen-bond acceptors (Lipinski definition) is 4. The van der Waals surface area contributed by atoms with Crippen molar-refractivity contribution in [2.45, 2.75) is 44.7 Å². The number of amides is 2. The number of carbonyl (C=O) groups is 1. The second-order valence-electron chi connectivity index (χ2n) is 5.68. The zero-order valence-electron chi connectivity index (χ0n) is 12.7. The number of aromatic nitrogens is 2. The van der Waals surface area contributed by atoms with Gasteiger partial charge in [0.15, 0.2) is 0 Å². The maximum Gasteiger partial charge on any atom is 0.315 e. The van der Waals surface area contributed by atoms with Gasteiger partial charge in [0.25, 0.3) is 0 Å². The molecule has 3 rings (SSSR count). The Morgan fingerprint density at radius 3 is 2.70 bits per heavy atom. The molecular formula is C16H19FN4O2. The molecule has 6 nitrogen and oxygen atoms in total. The molecule has 1 saturated carbocycles. The Morgan fingerprint density at radius 1 is 1.22 bits per heavy atom. The number of urea groups is 1. The lowest BCUT2D eigenvalue weighted by Gasteiger charge is -2.22. The molecule has 0 saturated heterocycles. The quantitative estimate of drug-likeness (QED) is 0.908. The van der Waals surface area contributed by atoms with E-state index in [-0.39, 0.29) is 24.4 Å². The van der Waals surface area contributed by atoms with Crippen molar-refractivity contribution in [2.24, 2.45) is 0 Å². The van der Waals surface area contributed by atoms with E-state index in [4.69, 9.17) is 4.52 Å². The summed E-state index contributed by atoms with van der Waals surface area (Å²) in [5, 5.41) is 9.50. The third-order valence-electron chi connectivity index (χ3n) is 3.91. The second kappa shape index (κ2) is 7.21. The molecule has 0 atom stereocenters. The molecule has 0 bridgehead atoms. The van der Waals surface area contributed by atoms with E-state index in [1.165, 1.54) is 18.6 Å². The molecule has 1 heterocycles. The number of rotatable bonds is 4. The van der Waals surface area contributed by atoms with Crippen LogP contribution in [-0.4, -0.2) is 22.2 Å². The normalized spacial score (nSPS) is 15.3. The lowest BCUT2D eigenvalue weighted by Crippen LogP contribution is -2.42. The summed E-state index contributed by atoms with van der Waals surface area (Å²) in [6.45, 7) is 0.159. The van der Waals surface area contributed by atoms with Gasteiger partial charge in [0.2, 0.25) is 11.7 Å². The highest BCUT2D eigenvalue weighted by Gasteiger charge is 2.16. The van der Waals surface area contributed by atoms with Gasteiger partial charge in [0.05, 0.1) is 6.54 Å². The topological polar surface area (TPSA) is 80.1 Å². The Balaban J connectivity index is 1.50. The molecule has 7 heteroatoms. The van der Waals surface area contributed by atoms with Crippen molar-refractivity contribution in [3.8, 4) is 11.4 Å². The minimum Gasteiger partial charge on any atom is -0.337 e. The standard InChI is InChI=1S/C16H19FN4O2/c17-12-8-6-11(7-9-12)15-20-14(23-21-15)10-18-16(22)19-13-4-2-1-3-5-13/h6-9,13H,1-5,10H2,(H2,18,19,22). The molecule has 1 aliphatic rings. The van der Waals surface area contributed by atoms with E-state index in [2.05, 4.69) is 20.8 Å². The van der Waals surface area contributed by atoms with Crippen molar-refractivity contribution >= 4 is 6.03 Å². The highest BCUT2D eigenvalue weighted by Crippen LogP contribution is 2.17. The summed E-state index contributed by atoms with van der Waals surface area (Å²) in [5.74, 6) is 0.358. The Bertz CT molecular complexity index is 650. The largest absolute Gasteiger partial charge is 0.337 e. The van der Waals surface area contributed by atoms with Crippen LogP contribution in [-0.2, 0) is 6.54 Å². The van der Waals surface area contributed by atoms with Crippen LogP contribution in [0.2, 0.25) is 0 Å². The Hall–Kier alpha value is -2.44. The Kier molecular flexibility index (Phi) is 4.85. The molecule has 1 fully saturated rings. The molecule has 2 amide bonds. The van der Waals surface area contributed by atoms with Gasteiger partial charge in [-0.2, -0.15) is 4.98 Å². The summed E-state index contributed by atoms with van der Waals surface area (Å²) in [5.41, 5.74) is 0.660. The predicted molar refractivity (Wildman–Crippen MR) is 81.9 cm³/mol. The highest BCUT2D eigenvalue weighted by atomic mass is 19.1. The van der Waals surface area contributed by atoms with Crippen molar-refractivity contribution < 1.29 is 13.7 Å². The minimum atomic E-state index is -0.321. The molecule has 23 heavy (non-hydrogen) atoms. The van der Waals surface area contributed by atoms with E-state index in [0.29, 0.717) is 17.3 Å². The third kappa shape index (κ3) is 4.28. The first-order valence-corrected chi connectivity index (χ1v) is 7.83. The molecule has 1 aromatic heterocycles. The maximum atomic E-state index is 12.9. The monoisotopic (exact) mass is 318 g/mol. The molecule has 122 valence electrons. The summed E-state index contributed by atoms with van der Waals surface area (Å²) < 4.78 is 18.0. The SMILES string of the molecule is O=C(NCc1nc(-c2ccc(F)cc2)no1)NC1CCCCC1. The molecule has 2 N–H and O–H groups in total. The lowest BCUT2D eigenvalue weighted by atomic mass is 9.96. The fourth-order valence-corrected chi connectivity index (χ4v) is 2.68. The van der Waals surface area contributed by atoms with Gasteiger partial charge in [-0.1, -0.05) is 24.4 Å². The van der Waals surface area contributed by atoms with Gasteiger partial charge in [0.1, 0.15) is 5.82 Å². The molecule has 2 aromatic rings. The van der Waals surface area contributed by atoms with E-state index in [9.17, 15) is 9.18 Å². The Labute approximate surface area is 133 Å². The molecule has 0 radical (unpaired) electrons. The van der Waals surface area contributed by atoms with E-state index >= 15 is 0 Å². The summed E-state index contributed by atoms with van der Waals surface area (Å²) >= 11 is 0. The zero-order chi connectivity index (χ0) is 16.1. The average Bonchev–Trinajstić information content (AvgIpc) is 3.04. The smallest absolute Gasteiger partial charge is 0.315 e. The molecule has 0 aliphatic heterocycles. The van der Waals surface area contributed by atoms with Crippen LogP contribution in [0, 0.1) is 5.82 Å². The minimum absolute atomic E-state index is 0.159. The number of carbonyl (C=O) groups excluding carboxylic acids is 1. The molecular weight excluding hydrogens is 299 g/mol. The molecule has 1 aromatic carbocycles. The predicted octanol–water partition coefficient (Wildman–Crippen LogP) is 3.01. The fraction of sp³-hybridized carbons (Fsp3) is 0.438. The van der Waals surface area contributed by atoms with E-state index < -0.39 is 0 Å². The molecule has 0 unspecified atom stereocenters. The number of nitrogens with zero attached hydrogens (tertiary/aromatic N) is 2. The summed E-state index contributed by atoms with van der Waals surface area (Å²) in [4.78, 5) is 16.0. The maximum absolute atomic E-state index is 12.9. The van der Waals surface area contributed by atoms with Gasteiger partial charge in [-0.3, -0.25) is 0 Å². The number of hydrogen-bond donors (Lipinski definition) is 2. The van der Waals surface area contributed by atoms with Crippen LogP contribution in [0.3, 0.4) is 0 Å². The zero-order valence-corrected chi connectivity index (χ0v) is 12.7. The van der Waals surface area contributed by atoms with E-state index in [1.807, 2.05) is 0 Å². The third-order valence-corrected chi connectivity index (χ3v) is 3.91. The van der Waals surface area contributed by atoms with Gasteiger partial charge < -0.3 is 15.2 Å². The van der Waals surface area contributed by atoms with Crippen molar-refractivity contribution in [2.75, 3.05) is 0 Å². The number of benzene rings is 1. The fourth-order valence-electron chi connectivity index (χ4n) is 2.68. The van der Waals surface area contributed by atoms with Crippen molar-refractivity contribution in [3.05, 3.63) is 36.0 Å². The van der Waals surface area contributed by atoms with Crippen molar-refractivity contribution in [1.29, 1.82) is 0 Å². The summed E-state index contributed by atoms with van der Waals surface area (Å²) in [7, 11) is 0. The number of halogens is 1. The van der Waals surface area contributed by atoms with Gasteiger partial charge >= 0.3 is 6.03 Å². The van der Waals surface area contributed by atoms with Crippen molar-refractivity contribution in [3.63, 3.8) is 0 Å². The highest BCUT2D eigenvalue weighted by molar-refractivity contribution is 5.74. The van der Waals surface area contributed by atoms with Crippen LogP contribution in [0.25, 0.3) is 11.4 Å². The number of nitrogens with one attached hydrogen (secondary N) is 2. The van der Waals surface area contributed by atoms with Crippen LogP contribution in [0.15, 0.2) is 28.8 Å². The first-order chi connectivity index (χ1) is 11.2. The second-order valence-corrected chi connectivity index (χ2v) is 5.68. The van der Waals surface area contributed by atoms with Crippen LogP contribution in [0.5, 0.6) is 0 Å². The van der Waals surface area contributed by atoms with Crippen LogP contribution < -0.4 is 10.6 Å². The van der Waals surface area contributed by atoms with Crippen LogP contribution in [0.4, 0.5) is 9.18 Å². The summed E-state index contributed by atoms with van der Waals surface area (Å²) in [6.07, 6.45) is 5.63. The summed E-state index contributed by atoms with van der Waals surface area (Å²) in [6, 6.07) is 5.85. The van der Waals surface area contributed by atoms with Gasteiger partial charge in [-0.15, -0.1) is 0 Å².